The molecule has 0 aliphatic rings. The first kappa shape index (κ1) is 18.3. The van der Waals surface area contributed by atoms with Crippen molar-refractivity contribution in [2.75, 3.05) is 5.01 Å². The van der Waals surface area contributed by atoms with Crippen LogP contribution in [0.3, 0.4) is 0 Å². The molecule has 0 unspecified atom stereocenters. The van der Waals surface area contributed by atoms with Gasteiger partial charge in [-0.25, -0.2) is 9.78 Å². The number of hydrogen-bond acceptors (Lipinski definition) is 6. The third-order valence-electron chi connectivity index (χ3n) is 3.42. The van der Waals surface area contributed by atoms with Crippen molar-refractivity contribution in [3.63, 3.8) is 0 Å². The first-order chi connectivity index (χ1) is 12.9. The SMILES string of the molecule is CC(C)(C)OC(=O)N(N=Cc1ccncc1)c1ccc(-c2cnco2)cc1. The Morgan fingerprint density at radius 1 is 1.11 bits per heavy atom. The summed E-state index contributed by atoms with van der Waals surface area (Å²) in [5.74, 6) is 0.644. The summed E-state index contributed by atoms with van der Waals surface area (Å²) in [4.78, 5) is 20.5. The standard InChI is InChI=1S/C20H20N4O3/c1-20(2,3)27-19(25)24(23-12-15-8-10-21-11-9-15)17-6-4-16(5-7-17)18-13-22-14-26-18/h4-14H,1-3H3. The monoisotopic (exact) mass is 364 g/mol. The average molecular weight is 364 g/mol. The van der Waals surface area contributed by atoms with Crippen LogP contribution in [0, 0.1) is 0 Å². The van der Waals surface area contributed by atoms with Crippen molar-refractivity contribution in [3.05, 3.63) is 66.9 Å². The topological polar surface area (TPSA) is 80.8 Å². The number of pyridine rings is 1. The summed E-state index contributed by atoms with van der Waals surface area (Å²) < 4.78 is 10.8. The molecule has 0 spiro atoms. The minimum absolute atomic E-state index is 0.567. The quantitative estimate of drug-likeness (QED) is 0.502. The maximum atomic E-state index is 12.6. The number of anilines is 1. The Morgan fingerprint density at radius 3 is 2.41 bits per heavy atom. The zero-order valence-corrected chi connectivity index (χ0v) is 15.4. The number of carbonyl (C=O) groups excluding carboxylic acids is 1. The van der Waals surface area contributed by atoms with Crippen LogP contribution in [0.2, 0.25) is 0 Å². The fraction of sp³-hybridized carbons (Fsp3) is 0.200. The van der Waals surface area contributed by atoms with Crippen molar-refractivity contribution in [2.45, 2.75) is 26.4 Å². The van der Waals surface area contributed by atoms with Crippen LogP contribution in [0.25, 0.3) is 11.3 Å². The predicted octanol–water partition coefficient (Wildman–Crippen LogP) is 4.51. The van der Waals surface area contributed by atoms with Crippen molar-refractivity contribution in [3.8, 4) is 11.3 Å². The Hall–Kier alpha value is -3.48. The third-order valence-corrected chi connectivity index (χ3v) is 3.42. The van der Waals surface area contributed by atoms with Gasteiger partial charge in [0.1, 0.15) is 5.60 Å². The molecule has 7 heteroatoms. The Balaban J connectivity index is 1.88. The first-order valence-electron chi connectivity index (χ1n) is 8.38. The van der Waals surface area contributed by atoms with Gasteiger partial charge in [-0.15, -0.1) is 0 Å². The molecule has 0 bridgehead atoms. The molecule has 0 atom stereocenters. The van der Waals surface area contributed by atoms with Gasteiger partial charge >= 0.3 is 6.09 Å². The second-order valence-corrected chi connectivity index (χ2v) is 6.73. The Bertz CT molecular complexity index is 899. The molecule has 3 aromatic rings. The predicted molar refractivity (Wildman–Crippen MR) is 102 cm³/mol. The molecule has 7 nitrogen and oxygen atoms in total. The van der Waals surface area contributed by atoms with E-state index in [4.69, 9.17) is 9.15 Å². The van der Waals surface area contributed by atoms with Crippen molar-refractivity contribution < 1.29 is 13.9 Å². The van der Waals surface area contributed by atoms with E-state index in [-0.39, 0.29) is 0 Å². The number of hydrazone groups is 1. The smallest absolute Gasteiger partial charge is 0.435 e. The van der Waals surface area contributed by atoms with Gasteiger partial charge in [0.2, 0.25) is 0 Å². The zero-order chi connectivity index (χ0) is 19.3. The molecule has 3 rings (SSSR count). The third kappa shape index (κ3) is 5.01. The van der Waals surface area contributed by atoms with Gasteiger partial charge < -0.3 is 9.15 Å². The van der Waals surface area contributed by atoms with E-state index < -0.39 is 11.7 Å². The molecule has 1 aromatic carbocycles. The molecular formula is C20H20N4O3. The van der Waals surface area contributed by atoms with Crippen molar-refractivity contribution in [1.82, 2.24) is 9.97 Å². The summed E-state index contributed by atoms with van der Waals surface area (Å²) in [7, 11) is 0. The summed E-state index contributed by atoms with van der Waals surface area (Å²) in [6.45, 7) is 5.42. The molecule has 0 aliphatic heterocycles. The lowest BCUT2D eigenvalue weighted by Crippen LogP contribution is -2.33. The fourth-order valence-electron chi connectivity index (χ4n) is 2.22. The first-order valence-corrected chi connectivity index (χ1v) is 8.38. The summed E-state index contributed by atoms with van der Waals surface area (Å²) in [5, 5.41) is 5.53. The molecule has 0 saturated heterocycles. The van der Waals surface area contributed by atoms with E-state index in [1.807, 2.05) is 32.9 Å². The summed E-state index contributed by atoms with van der Waals surface area (Å²) in [6.07, 6.45) is 7.32. The number of carbonyl (C=O) groups is 1. The van der Waals surface area contributed by atoms with Gasteiger partial charge in [0.05, 0.1) is 18.1 Å². The van der Waals surface area contributed by atoms with Crippen LogP contribution in [0.1, 0.15) is 26.3 Å². The lowest BCUT2D eigenvalue weighted by atomic mass is 10.1. The second kappa shape index (κ2) is 7.82. The number of ether oxygens (including phenoxy) is 1. The highest BCUT2D eigenvalue weighted by molar-refractivity contribution is 5.91. The lowest BCUT2D eigenvalue weighted by Gasteiger charge is -2.24. The molecular weight excluding hydrogens is 344 g/mol. The van der Waals surface area contributed by atoms with Crippen LogP contribution in [0.4, 0.5) is 10.5 Å². The van der Waals surface area contributed by atoms with Gasteiger partial charge in [-0.3, -0.25) is 4.98 Å². The second-order valence-electron chi connectivity index (χ2n) is 6.73. The van der Waals surface area contributed by atoms with Crippen molar-refractivity contribution >= 4 is 18.0 Å². The number of oxazole rings is 1. The number of aromatic nitrogens is 2. The van der Waals surface area contributed by atoms with E-state index in [0.717, 1.165) is 11.1 Å². The van der Waals surface area contributed by atoms with Crippen LogP contribution in [0.5, 0.6) is 0 Å². The lowest BCUT2D eigenvalue weighted by molar-refractivity contribution is 0.0581. The van der Waals surface area contributed by atoms with E-state index in [9.17, 15) is 4.79 Å². The number of benzene rings is 1. The number of hydrogen-bond donors (Lipinski definition) is 0. The highest BCUT2D eigenvalue weighted by atomic mass is 16.6. The Kier molecular flexibility index (Phi) is 5.30. The Labute approximate surface area is 157 Å². The number of amides is 1. The van der Waals surface area contributed by atoms with Gasteiger partial charge in [0, 0.05) is 18.0 Å². The van der Waals surface area contributed by atoms with Crippen LogP contribution >= 0.6 is 0 Å². The number of nitrogens with zero attached hydrogens (tertiary/aromatic N) is 4. The maximum Gasteiger partial charge on any atom is 0.435 e. The van der Waals surface area contributed by atoms with Gasteiger partial charge in [-0.2, -0.15) is 10.1 Å². The van der Waals surface area contributed by atoms with E-state index in [1.165, 1.54) is 11.4 Å². The minimum Gasteiger partial charge on any atom is -0.444 e. The summed E-state index contributed by atoms with van der Waals surface area (Å²) in [5.41, 5.74) is 1.59. The highest BCUT2D eigenvalue weighted by Crippen LogP contribution is 2.24. The molecule has 2 aromatic heterocycles. The summed E-state index contributed by atoms with van der Waals surface area (Å²) >= 11 is 0. The van der Waals surface area contributed by atoms with Crippen LogP contribution in [0.15, 0.2) is 70.9 Å². The number of rotatable bonds is 4. The highest BCUT2D eigenvalue weighted by Gasteiger charge is 2.23. The summed E-state index contributed by atoms with van der Waals surface area (Å²) in [6, 6.07) is 10.8. The molecule has 1 amide bonds. The fourth-order valence-corrected chi connectivity index (χ4v) is 2.22. The van der Waals surface area contributed by atoms with Crippen LogP contribution in [-0.4, -0.2) is 27.9 Å². The van der Waals surface area contributed by atoms with Crippen molar-refractivity contribution in [1.29, 1.82) is 0 Å². The molecule has 138 valence electrons. The van der Waals surface area contributed by atoms with Crippen molar-refractivity contribution in [2.24, 2.45) is 5.10 Å². The van der Waals surface area contributed by atoms with E-state index in [2.05, 4.69) is 15.1 Å². The molecule has 0 fully saturated rings. The van der Waals surface area contributed by atoms with Crippen LogP contribution in [-0.2, 0) is 4.74 Å². The van der Waals surface area contributed by atoms with Gasteiger partial charge in [-0.05, 0) is 62.7 Å². The molecule has 2 heterocycles. The molecule has 0 radical (unpaired) electrons. The molecule has 0 aliphatic carbocycles. The molecule has 0 saturated carbocycles. The van der Waals surface area contributed by atoms with E-state index in [1.54, 1.807) is 49.1 Å². The Morgan fingerprint density at radius 2 is 1.81 bits per heavy atom. The normalized spacial score (nSPS) is 11.5. The maximum absolute atomic E-state index is 12.6. The van der Waals surface area contributed by atoms with E-state index in [0.29, 0.717) is 11.4 Å². The average Bonchev–Trinajstić information content (AvgIpc) is 3.16. The van der Waals surface area contributed by atoms with Crippen LogP contribution < -0.4 is 5.01 Å². The molecule has 27 heavy (non-hydrogen) atoms. The molecule has 0 N–H and O–H groups in total. The minimum atomic E-state index is -0.638. The van der Waals surface area contributed by atoms with E-state index >= 15 is 0 Å². The zero-order valence-electron chi connectivity index (χ0n) is 15.4. The largest absolute Gasteiger partial charge is 0.444 e. The van der Waals surface area contributed by atoms with Gasteiger partial charge in [-0.1, -0.05) is 0 Å². The van der Waals surface area contributed by atoms with Gasteiger partial charge in [0.25, 0.3) is 0 Å². The van der Waals surface area contributed by atoms with Gasteiger partial charge in [0.15, 0.2) is 12.2 Å².